The number of rotatable bonds is 3. The summed E-state index contributed by atoms with van der Waals surface area (Å²) < 4.78 is 0. The van der Waals surface area contributed by atoms with Crippen molar-refractivity contribution in [3.63, 3.8) is 0 Å². The van der Waals surface area contributed by atoms with Crippen LogP contribution in [0.1, 0.15) is 27.6 Å². The fourth-order valence-electron chi connectivity index (χ4n) is 1.84. The van der Waals surface area contributed by atoms with E-state index >= 15 is 0 Å². The van der Waals surface area contributed by atoms with E-state index in [0.717, 1.165) is 4.90 Å². The molecule has 18 heavy (non-hydrogen) atoms. The highest BCUT2D eigenvalue weighted by Gasteiger charge is 2.36. The zero-order chi connectivity index (χ0) is 13.3. The van der Waals surface area contributed by atoms with E-state index in [1.54, 1.807) is 18.2 Å². The first kappa shape index (κ1) is 12.6. The molecule has 0 aliphatic carbocycles. The van der Waals surface area contributed by atoms with Crippen molar-refractivity contribution in [2.45, 2.75) is 6.92 Å². The number of carbonyl (C=O) groups is 3. The number of fused-ring (bicyclic) bond motifs is 1. The summed E-state index contributed by atoms with van der Waals surface area (Å²) in [5.41, 5.74) is 0.558. The van der Waals surface area contributed by atoms with Crippen molar-refractivity contribution in [3.05, 3.63) is 34.3 Å². The maximum atomic E-state index is 12.0. The molecule has 0 spiro atoms. The highest BCUT2D eigenvalue weighted by molar-refractivity contribution is 6.37. The van der Waals surface area contributed by atoms with Gasteiger partial charge in [0, 0.05) is 20.0 Å². The van der Waals surface area contributed by atoms with Crippen LogP contribution >= 0.6 is 11.6 Å². The molecule has 0 radical (unpaired) electrons. The smallest absolute Gasteiger partial charge is 0.263 e. The van der Waals surface area contributed by atoms with Gasteiger partial charge in [0.15, 0.2) is 0 Å². The lowest BCUT2D eigenvalue weighted by atomic mass is 10.1. The molecule has 1 aromatic carbocycles. The summed E-state index contributed by atoms with van der Waals surface area (Å²) in [7, 11) is 0. The van der Waals surface area contributed by atoms with Gasteiger partial charge >= 0.3 is 0 Å². The van der Waals surface area contributed by atoms with Crippen molar-refractivity contribution in [1.82, 2.24) is 10.2 Å². The Kier molecular flexibility index (Phi) is 3.34. The van der Waals surface area contributed by atoms with Crippen LogP contribution in [0.2, 0.25) is 5.02 Å². The first-order valence-electron chi connectivity index (χ1n) is 5.41. The molecule has 0 saturated heterocycles. The number of halogens is 1. The van der Waals surface area contributed by atoms with Gasteiger partial charge in [-0.05, 0) is 12.1 Å². The molecule has 3 amide bonds. The lowest BCUT2D eigenvalue weighted by Crippen LogP contribution is -2.37. The molecule has 94 valence electrons. The van der Waals surface area contributed by atoms with Crippen LogP contribution in [0.3, 0.4) is 0 Å². The van der Waals surface area contributed by atoms with Gasteiger partial charge in [-0.3, -0.25) is 19.3 Å². The van der Waals surface area contributed by atoms with Crippen LogP contribution in [0.5, 0.6) is 0 Å². The normalized spacial score (nSPS) is 13.8. The molecule has 0 fully saturated rings. The van der Waals surface area contributed by atoms with Crippen molar-refractivity contribution < 1.29 is 14.4 Å². The van der Waals surface area contributed by atoms with Gasteiger partial charge in [0.05, 0.1) is 16.1 Å². The van der Waals surface area contributed by atoms with Crippen LogP contribution in [0.4, 0.5) is 0 Å². The summed E-state index contributed by atoms with van der Waals surface area (Å²) in [6.45, 7) is 1.75. The molecule has 0 atom stereocenters. The van der Waals surface area contributed by atoms with E-state index in [2.05, 4.69) is 5.32 Å². The summed E-state index contributed by atoms with van der Waals surface area (Å²) in [6.07, 6.45) is 0. The minimum atomic E-state index is -0.411. The molecule has 0 bridgehead atoms. The van der Waals surface area contributed by atoms with Crippen LogP contribution in [0.25, 0.3) is 0 Å². The molecule has 2 rings (SSSR count). The summed E-state index contributed by atoms with van der Waals surface area (Å²) in [5, 5.41) is 2.81. The number of nitrogens with zero attached hydrogens (tertiary/aromatic N) is 1. The van der Waals surface area contributed by atoms with Crippen LogP contribution in [-0.2, 0) is 4.79 Å². The Morgan fingerprint density at radius 2 is 2.06 bits per heavy atom. The zero-order valence-electron chi connectivity index (χ0n) is 9.70. The van der Waals surface area contributed by atoms with Crippen LogP contribution in [0.15, 0.2) is 18.2 Å². The summed E-state index contributed by atoms with van der Waals surface area (Å²) >= 11 is 5.91. The standard InChI is InChI=1S/C12H11ClN2O3/c1-7(16)14-5-6-15-11(17)8-3-2-4-9(13)10(8)12(15)18/h2-4H,5-6H2,1H3,(H,14,16). The second-order valence-electron chi connectivity index (χ2n) is 3.91. The third-order valence-electron chi connectivity index (χ3n) is 2.66. The summed E-state index contributed by atoms with van der Waals surface area (Å²) in [6, 6.07) is 4.77. The van der Waals surface area contributed by atoms with Crippen LogP contribution < -0.4 is 5.32 Å². The van der Waals surface area contributed by atoms with Gasteiger partial charge in [-0.25, -0.2) is 0 Å². The Morgan fingerprint density at radius 3 is 2.67 bits per heavy atom. The average molecular weight is 267 g/mol. The number of amides is 3. The Balaban J connectivity index is 2.18. The van der Waals surface area contributed by atoms with Gasteiger partial charge in [0.25, 0.3) is 11.8 Å². The number of imide groups is 1. The maximum Gasteiger partial charge on any atom is 0.263 e. The maximum absolute atomic E-state index is 12.0. The van der Waals surface area contributed by atoms with Crippen LogP contribution in [-0.4, -0.2) is 35.7 Å². The van der Waals surface area contributed by atoms with Gasteiger partial charge in [-0.15, -0.1) is 0 Å². The number of nitrogens with one attached hydrogen (secondary N) is 1. The van der Waals surface area contributed by atoms with E-state index in [4.69, 9.17) is 11.6 Å². The van der Waals surface area contributed by atoms with E-state index in [0.29, 0.717) is 5.56 Å². The number of hydrogen-bond acceptors (Lipinski definition) is 3. The van der Waals surface area contributed by atoms with Crippen molar-refractivity contribution in [1.29, 1.82) is 0 Å². The molecule has 1 aromatic rings. The van der Waals surface area contributed by atoms with Crippen molar-refractivity contribution >= 4 is 29.3 Å². The lowest BCUT2D eigenvalue weighted by molar-refractivity contribution is -0.119. The van der Waals surface area contributed by atoms with Gasteiger partial charge in [0.2, 0.25) is 5.91 Å². The van der Waals surface area contributed by atoms with E-state index in [-0.39, 0.29) is 35.5 Å². The molecule has 1 heterocycles. The van der Waals surface area contributed by atoms with Crippen molar-refractivity contribution in [3.8, 4) is 0 Å². The minimum absolute atomic E-state index is 0.141. The van der Waals surface area contributed by atoms with E-state index in [1.807, 2.05) is 0 Å². The number of benzene rings is 1. The van der Waals surface area contributed by atoms with Crippen molar-refractivity contribution in [2.24, 2.45) is 0 Å². The molecular formula is C12H11ClN2O3. The third-order valence-corrected chi connectivity index (χ3v) is 2.97. The molecule has 0 unspecified atom stereocenters. The van der Waals surface area contributed by atoms with E-state index < -0.39 is 5.91 Å². The SMILES string of the molecule is CC(=O)NCCN1C(=O)c2cccc(Cl)c2C1=O. The number of hydrogen-bond donors (Lipinski definition) is 1. The van der Waals surface area contributed by atoms with E-state index in [9.17, 15) is 14.4 Å². The molecule has 0 saturated carbocycles. The van der Waals surface area contributed by atoms with E-state index in [1.165, 1.54) is 6.92 Å². The Labute approximate surface area is 109 Å². The highest BCUT2D eigenvalue weighted by Crippen LogP contribution is 2.28. The Bertz CT molecular complexity index is 542. The lowest BCUT2D eigenvalue weighted by Gasteiger charge is -2.13. The molecular weight excluding hydrogens is 256 g/mol. The fourth-order valence-corrected chi connectivity index (χ4v) is 2.09. The predicted octanol–water partition coefficient (Wildman–Crippen LogP) is 1.07. The van der Waals surface area contributed by atoms with Crippen molar-refractivity contribution in [2.75, 3.05) is 13.1 Å². The summed E-state index contributed by atoms with van der Waals surface area (Å²) in [5.74, 6) is -0.988. The van der Waals surface area contributed by atoms with Gasteiger partial charge < -0.3 is 5.32 Å². The minimum Gasteiger partial charge on any atom is -0.355 e. The number of carbonyl (C=O) groups excluding carboxylic acids is 3. The predicted molar refractivity (Wildman–Crippen MR) is 65.5 cm³/mol. The monoisotopic (exact) mass is 266 g/mol. The molecule has 1 aliphatic heterocycles. The Hall–Kier alpha value is -1.88. The fraction of sp³-hybridized carbons (Fsp3) is 0.250. The quantitative estimate of drug-likeness (QED) is 0.833. The topological polar surface area (TPSA) is 66.5 Å². The Morgan fingerprint density at radius 1 is 1.33 bits per heavy atom. The van der Waals surface area contributed by atoms with Gasteiger partial charge in [-0.1, -0.05) is 17.7 Å². The first-order valence-corrected chi connectivity index (χ1v) is 5.79. The first-order chi connectivity index (χ1) is 8.52. The highest BCUT2D eigenvalue weighted by atomic mass is 35.5. The third kappa shape index (κ3) is 2.09. The second-order valence-corrected chi connectivity index (χ2v) is 4.31. The second kappa shape index (κ2) is 4.78. The zero-order valence-corrected chi connectivity index (χ0v) is 10.5. The molecule has 5 nitrogen and oxygen atoms in total. The largest absolute Gasteiger partial charge is 0.355 e. The van der Waals surface area contributed by atoms with Gasteiger partial charge in [-0.2, -0.15) is 0 Å². The molecule has 1 N–H and O–H groups in total. The van der Waals surface area contributed by atoms with Crippen LogP contribution in [0, 0.1) is 0 Å². The summed E-state index contributed by atoms with van der Waals surface area (Å²) in [4.78, 5) is 35.8. The molecule has 1 aliphatic rings. The molecule has 0 aromatic heterocycles. The van der Waals surface area contributed by atoms with Gasteiger partial charge in [0.1, 0.15) is 0 Å². The molecule has 6 heteroatoms. The average Bonchev–Trinajstić information content (AvgIpc) is 2.55.